The molecular weight excluding hydrogens is 220 g/mol. The third-order valence-electron chi connectivity index (χ3n) is 2.29. The monoisotopic (exact) mass is 236 g/mol. The minimum absolute atomic E-state index is 0.0216. The molecule has 0 aliphatic carbocycles. The van der Waals surface area contributed by atoms with Gasteiger partial charge in [-0.15, -0.1) is 0 Å². The van der Waals surface area contributed by atoms with Crippen LogP contribution in [0.25, 0.3) is 0 Å². The summed E-state index contributed by atoms with van der Waals surface area (Å²) >= 11 is 0. The Balaban J connectivity index is 2.59. The number of hydrogen-bond acceptors (Lipinski definition) is 3. The summed E-state index contributed by atoms with van der Waals surface area (Å²) in [5.74, 6) is 0.352. The zero-order chi connectivity index (χ0) is 12.8. The highest BCUT2D eigenvalue weighted by molar-refractivity contribution is 5.90. The number of anilines is 1. The van der Waals surface area contributed by atoms with Crippen molar-refractivity contribution in [2.24, 2.45) is 5.92 Å². The Kier molecular flexibility index (Phi) is 4.63. The highest BCUT2D eigenvalue weighted by Gasteiger charge is 2.08. The minimum Gasteiger partial charge on any atom is -0.326 e. The SMILES string of the molecule is CC(C)CCC(=O)Nc1cccc([N+](=O)[O-])c1. The fourth-order valence-electron chi connectivity index (χ4n) is 1.34. The number of hydrogen-bond donors (Lipinski definition) is 1. The lowest BCUT2D eigenvalue weighted by Gasteiger charge is -2.06. The Morgan fingerprint density at radius 3 is 2.76 bits per heavy atom. The molecule has 5 nitrogen and oxygen atoms in total. The molecule has 0 saturated heterocycles. The van der Waals surface area contributed by atoms with Crippen molar-refractivity contribution in [2.45, 2.75) is 26.7 Å². The second-order valence-electron chi connectivity index (χ2n) is 4.29. The Morgan fingerprint density at radius 2 is 2.18 bits per heavy atom. The van der Waals surface area contributed by atoms with Gasteiger partial charge in [-0.2, -0.15) is 0 Å². The third-order valence-corrected chi connectivity index (χ3v) is 2.29. The van der Waals surface area contributed by atoms with E-state index in [0.29, 0.717) is 18.0 Å². The van der Waals surface area contributed by atoms with Crippen LogP contribution in [0.1, 0.15) is 26.7 Å². The summed E-state index contributed by atoms with van der Waals surface area (Å²) in [4.78, 5) is 21.6. The van der Waals surface area contributed by atoms with Gasteiger partial charge in [0.1, 0.15) is 0 Å². The fraction of sp³-hybridized carbons (Fsp3) is 0.417. The van der Waals surface area contributed by atoms with E-state index in [4.69, 9.17) is 0 Å². The number of amides is 1. The van der Waals surface area contributed by atoms with Crippen LogP contribution in [0.5, 0.6) is 0 Å². The zero-order valence-electron chi connectivity index (χ0n) is 9.97. The first-order chi connectivity index (χ1) is 7.99. The standard InChI is InChI=1S/C12H16N2O3/c1-9(2)6-7-12(15)13-10-4-3-5-11(8-10)14(16)17/h3-5,8-9H,6-7H2,1-2H3,(H,13,15). The quantitative estimate of drug-likeness (QED) is 0.631. The smallest absolute Gasteiger partial charge is 0.271 e. The predicted octanol–water partition coefficient (Wildman–Crippen LogP) is 2.97. The molecular formula is C12H16N2O3. The van der Waals surface area contributed by atoms with E-state index in [2.05, 4.69) is 5.32 Å². The van der Waals surface area contributed by atoms with Crippen LogP contribution in [0, 0.1) is 16.0 Å². The summed E-state index contributed by atoms with van der Waals surface area (Å²) in [7, 11) is 0. The summed E-state index contributed by atoms with van der Waals surface area (Å²) in [6.07, 6.45) is 1.24. The second-order valence-corrected chi connectivity index (χ2v) is 4.29. The summed E-state index contributed by atoms with van der Waals surface area (Å²) in [5.41, 5.74) is 0.444. The molecule has 0 aliphatic heterocycles. The van der Waals surface area contributed by atoms with Gasteiger partial charge in [-0.1, -0.05) is 19.9 Å². The van der Waals surface area contributed by atoms with E-state index in [9.17, 15) is 14.9 Å². The van der Waals surface area contributed by atoms with Gasteiger partial charge in [0, 0.05) is 24.2 Å². The van der Waals surface area contributed by atoms with Gasteiger partial charge in [0.15, 0.2) is 0 Å². The maximum Gasteiger partial charge on any atom is 0.271 e. The van der Waals surface area contributed by atoms with Crippen LogP contribution in [-0.4, -0.2) is 10.8 Å². The lowest BCUT2D eigenvalue weighted by molar-refractivity contribution is -0.384. The highest BCUT2D eigenvalue weighted by atomic mass is 16.6. The van der Waals surface area contributed by atoms with Gasteiger partial charge >= 0.3 is 0 Å². The average molecular weight is 236 g/mol. The Hall–Kier alpha value is -1.91. The number of rotatable bonds is 5. The van der Waals surface area contributed by atoms with Crippen LogP contribution >= 0.6 is 0 Å². The zero-order valence-corrected chi connectivity index (χ0v) is 9.97. The predicted molar refractivity (Wildman–Crippen MR) is 65.8 cm³/mol. The average Bonchev–Trinajstić information content (AvgIpc) is 2.26. The molecule has 5 heteroatoms. The van der Waals surface area contributed by atoms with Crippen LogP contribution in [0.3, 0.4) is 0 Å². The summed E-state index contributed by atoms with van der Waals surface area (Å²) in [6.45, 7) is 4.08. The number of nitrogens with one attached hydrogen (secondary N) is 1. The molecule has 1 amide bonds. The van der Waals surface area contributed by atoms with Gasteiger partial charge in [0.25, 0.3) is 5.69 Å². The van der Waals surface area contributed by atoms with Crippen molar-refractivity contribution in [2.75, 3.05) is 5.32 Å². The highest BCUT2D eigenvalue weighted by Crippen LogP contribution is 2.17. The van der Waals surface area contributed by atoms with E-state index in [1.807, 2.05) is 13.8 Å². The van der Waals surface area contributed by atoms with Gasteiger partial charge in [-0.3, -0.25) is 14.9 Å². The van der Waals surface area contributed by atoms with E-state index in [0.717, 1.165) is 6.42 Å². The van der Waals surface area contributed by atoms with Crippen molar-refractivity contribution >= 4 is 17.3 Å². The molecule has 17 heavy (non-hydrogen) atoms. The molecule has 0 aliphatic rings. The molecule has 0 radical (unpaired) electrons. The van der Waals surface area contributed by atoms with Crippen molar-refractivity contribution in [3.8, 4) is 0 Å². The molecule has 1 N–H and O–H groups in total. The van der Waals surface area contributed by atoms with Gasteiger partial charge in [-0.05, 0) is 18.4 Å². The van der Waals surface area contributed by atoms with Gasteiger partial charge < -0.3 is 5.32 Å². The number of carbonyl (C=O) groups excluding carboxylic acids is 1. The molecule has 1 aromatic rings. The lowest BCUT2D eigenvalue weighted by Crippen LogP contribution is -2.12. The minimum atomic E-state index is -0.482. The maximum absolute atomic E-state index is 11.5. The Morgan fingerprint density at radius 1 is 1.47 bits per heavy atom. The number of non-ortho nitro benzene ring substituents is 1. The Bertz CT molecular complexity index is 416. The first-order valence-electron chi connectivity index (χ1n) is 5.53. The number of benzene rings is 1. The van der Waals surface area contributed by atoms with E-state index < -0.39 is 4.92 Å². The topological polar surface area (TPSA) is 72.2 Å². The van der Waals surface area contributed by atoms with Gasteiger partial charge in [0.05, 0.1) is 4.92 Å². The van der Waals surface area contributed by atoms with Crippen molar-refractivity contribution < 1.29 is 9.72 Å². The molecule has 1 rings (SSSR count). The molecule has 0 spiro atoms. The second kappa shape index (κ2) is 5.98. The van der Waals surface area contributed by atoms with E-state index in [1.54, 1.807) is 12.1 Å². The fourth-order valence-corrected chi connectivity index (χ4v) is 1.34. The van der Waals surface area contributed by atoms with Crippen LogP contribution in [-0.2, 0) is 4.79 Å². The number of nitro benzene ring substituents is 1. The van der Waals surface area contributed by atoms with E-state index >= 15 is 0 Å². The number of nitro groups is 1. The third kappa shape index (κ3) is 4.63. The lowest BCUT2D eigenvalue weighted by atomic mass is 10.1. The maximum atomic E-state index is 11.5. The molecule has 0 atom stereocenters. The van der Waals surface area contributed by atoms with Crippen LogP contribution in [0.4, 0.5) is 11.4 Å². The summed E-state index contributed by atoms with van der Waals surface area (Å²) in [6, 6.07) is 5.94. The van der Waals surface area contributed by atoms with Crippen LogP contribution in [0.2, 0.25) is 0 Å². The molecule has 0 fully saturated rings. The first-order valence-corrected chi connectivity index (χ1v) is 5.53. The van der Waals surface area contributed by atoms with Crippen molar-refractivity contribution in [1.82, 2.24) is 0 Å². The van der Waals surface area contributed by atoms with Crippen molar-refractivity contribution in [3.63, 3.8) is 0 Å². The van der Waals surface area contributed by atoms with Crippen molar-refractivity contribution in [3.05, 3.63) is 34.4 Å². The molecule has 0 saturated carbocycles. The Labute approximate surface area is 100.0 Å². The van der Waals surface area contributed by atoms with Crippen LogP contribution in [0.15, 0.2) is 24.3 Å². The number of carbonyl (C=O) groups is 1. The summed E-state index contributed by atoms with van der Waals surface area (Å²) < 4.78 is 0. The van der Waals surface area contributed by atoms with Gasteiger partial charge in [0.2, 0.25) is 5.91 Å². The molecule has 0 aromatic heterocycles. The van der Waals surface area contributed by atoms with Gasteiger partial charge in [-0.25, -0.2) is 0 Å². The molecule has 92 valence electrons. The molecule has 0 heterocycles. The normalized spacial score (nSPS) is 10.3. The largest absolute Gasteiger partial charge is 0.326 e. The van der Waals surface area contributed by atoms with Crippen LogP contribution < -0.4 is 5.32 Å². The first kappa shape index (κ1) is 13.2. The molecule has 0 bridgehead atoms. The number of nitrogens with zero attached hydrogens (tertiary/aromatic N) is 1. The molecule has 1 aromatic carbocycles. The van der Waals surface area contributed by atoms with Crippen molar-refractivity contribution in [1.29, 1.82) is 0 Å². The van der Waals surface area contributed by atoms with E-state index in [-0.39, 0.29) is 11.6 Å². The summed E-state index contributed by atoms with van der Waals surface area (Å²) in [5, 5.41) is 13.2. The molecule has 0 unspecified atom stereocenters. The van der Waals surface area contributed by atoms with E-state index in [1.165, 1.54) is 12.1 Å².